The van der Waals surface area contributed by atoms with Crippen molar-refractivity contribution in [2.24, 2.45) is 10.9 Å². The molecule has 3 aromatic heterocycles. The van der Waals surface area contributed by atoms with Gasteiger partial charge in [0.25, 0.3) is 17.5 Å². The summed E-state index contributed by atoms with van der Waals surface area (Å²) < 4.78 is 3.87. The number of fused-ring (bicyclic) bond motifs is 2. The van der Waals surface area contributed by atoms with Crippen molar-refractivity contribution in [2.45, 2.75) is 24.4 Å². The van der Waals surface area contributed by atoms with Crippen molar-refractivity contribution in [1.29, 1.82) is 0 Å². The topological polar surface area (TPSA) is 196 Å². The van der Waals surface area contributed by atoms with E-state index in [0.29, 0.717) is 17.9 Å². The fourth-order valence-corrected chi connectivity index (χ4v) is 6.50. The van der Waals surface area contributed by atoms with E-state index in [1.807, 2.05) is 39.6 Å². The number of hydrogen-bond donors (Lipinski definition) is 4. The molecule has 5 heterocycles. The van der Waals surface area contributed by atoms with Crippen LogP contribution in [0.4, 0.5) is 10.9 Å². The summed E-state index contributed by atoms with van der Waals surface area (Å²) in [5.41, 5.74) is 12.5. The Morgan fingerprint density at radius 1 is 1.38 bits per heavy atom. The van der Waals surface area contributed by atoms with Crippen LogP contribution in [0.3, 0.4) is 0 Å². The van der Waals surface area contributed by atoms with Gasteiger partial charge < -0.3 is 36.8 Å². The monoisotopic (exact) mass is 585 g/mol. The van der Waals surface area contributed by atoms with Crippen molar-refractivity contribution in [1.82, 2.24) is 19.6 Å². The van der Waals surface area contributed by atoms with Crippen LogP contribution in [0.15, 0.2) is 52.4 Å². The largest absolute Gasteiger partial charge is 0.543 e. The van der Waals surface area contributed by atoms with Gasteiger partial charge in [0.05, 0.1) is 11.7 Å². The SMILES string of the molecule is CO/N=C(\C(=O)N[C@@H]1C(=O)N2C(C(=O)[O-])=C(C[n+]3ccn4c(NCCCN)cccc43)CS[C@H]12)c1csc(N)n1. The molecule has 3 aromatic rings. The number of aromatic nitrogens is 3. The number of carboxylic acids is 1. The number of nitrogens with two attached hydrogens (primary N) is 2. The van der Waals surface area contributed by atoms with Gasteiger partial charge in [-0.15, -0.1) is 23.1 Å². The molecule has 5 rings (SSSR count). The summed E-state index contributed by atoms with van der Waals surface area (Å²) >= 11 is 2.48. The number of anilines is 2. The first-order valence-electron chi connectivity index (χ1n) is 12.3. The second-order valence-corrected chi connectivity index (χ2v) is 10.9. The van der Waals surface area contributed by atoms with Crippen molar-refractivity contribution in [3.05, 3.63) is 52.9 Å². The van der Waals surface area contributed by atoms with E-state index in [0.717, 1.165) is 35.8 Å². The molecular formula is C24H27N9O5S2. The van der Waals surface area contributed by atoms with Gasteiger partial charge >= 0.3 is 0 Å². The number of nitrogens with one attached hydrogen (secondary N) is 2. The molecule has 40 heavy (non-hydrogen) atoms. The number of carbonyl (C=O) groups is 3. The summed E-state index contributed by atoms with van der Waals surface area (Å²) in [6.45, 7) is 1.54. The van der Waals surface area contributed by atoms with Crippen LogP contribution in [0, 0.1) is 0 Å². The number of amides is 2. The van der Waals surface area contributed by atoms with Crippen molar-refractivity contribution in [2.75, 3.05) is 37.0 Å². The van der Waals surface area contributed by atoms with Crippen molar-refractivity contribution < 1.29 is 28.9 Å². The highest BCUT2D eigenvalue weighted by molar-refractivity contribution is 8.00. The molecule has 0 aromatic carbocycles. The summed E-state index contributed by atoms with van der Waals surface area (Å²) in [7, 11) is 1.28. The van der Waals surface area contributed by atoms with Gasteiger partial charge in [0.2, 0.25) is 0 Å². The van der Waals surface area contributed by atoms with Crippen molar-refractivity contribution in [3.8, 4) is 0 Å². The lowest BCUT2D eigenvalue weighted by atomic mass is 10.0. The number of imidazole rings is 1. The van der Waals surface area contributed by atoms with E-state index in [4.69, 9.17) is 16.3 Å². The van der Waals surface area contributed by atoms with E-state index in [1.54, 1.807) is 5.38 Å². The summed E-state index contributed by atoms with van der Waals surface area (Å²) in [5.74, 6) is -1.50. The van der Waals surface area contributed by atoms with Gasteiger partial charge in [0.15, 0.2) is 16.7 Å². The third-order valence-corrected chi connectivity index (χ3v) is 8.45. The standard InChI is InChI=1S/C24H27N9O5S2/c1-38-30-17(14-12-40-24(26)28-14)20(34)29-18-21(35)33-19(23(36)37)13(11-39-22(18)33)10-31-8-9-32-15(27-7-3-6-25)4-2-5-16(31)32/h2,4-5,8-9,12,18,22H,3,6-7,10-11,25H2,1H3,(H4,26,28,29,34,36,37)/b30-17-/t18-,22-/m1/s1. The third kappa shape index (κ3) is 5.07. The highest BCUT2D eigenvalue weighted by Crippen LogP contribution is 2.40. The number of aliphatic carboxylic acids is 1. The predicted molar refractivity (Wildman–Crippen MR) is 147 cm³/mol. The zero-order chi connectivity index (χ0) is 28.4. The lowest BCUT2D eigenvalue weighted by molar-refractivity contribution is -0.662. The Bertz CT molecular complexity index is 1530. The molecule has 0 saturated carbocycles. The molecule has 0 radical (unpaired) electrons. The molecule has 2 amide bonds. The quantitative estimate of drug-likeness (QED) is 0.0674. The fraction of sp³-hybridized carbons (Fsp3) is 0.333. The Hall–Kier alpha value is -4.15. The van der Waals surface area contributed by atoms with E-state index in [1.165, 1.54) is 23.8 Å². The van der Waals surface area contributed by atoms with Crippen LogP contribution < -0.4 is 31.8 Å². The molecule has 6 N–H and O–H groups in total. The van der Waals surface area contributed by atoms with Crippen LogP contribution in [-0.4, -0.2) is 75.1 Å². The number of carboxylic acid groups (broad SMARTS) is 1. The number of oxime groups is 1. The number of hydrogen-bond acceptors (Lipinski definition) is 12. The van der Waals surface area contributed by atoms with E-state index < -0.39 is 29.2 Å². The molecule has 0 unspecified atom stereocenters. The summed E-state index contributed by atoms with van der Waals surface area (Å²) in [6.07, 6.45) is 4.56. The molecule has 0 aliphatic carbocycles. The number of thioether (sulfide) groups is 1. The minimum absolute atomic E-state index is 0.146. The molecule has 2 aliphatic heterocycles. The molecule has 14 nitrogen and oxygen atoms in total. The first-order valence-corrected chi connectivity index (χ1v) is 14.2. The van der Waals surface area contributed by atoms with Crippen LogP contribution in [-0.2, 0) is 25.8 Å². The Balaban J connectivity index is 1.35. The number of carbonyl (C=O) groups excluding carboxylic acids is 3. The average molecular weight is 586 g/mol. The van der Waals surface area contributed by atoms with Gasteiger partial charge in [-0.3, -0.25) is 14.5 Å². The first kappa shape index (κ1) is 27.4. The normalized spacial score (nSPS) is 18.9. The first-order chi connectivity index (χ1) is 19.3. The maximum atomic E-state index is 13.1. The zero-order valence-corrected chi connectivity index (χ0v) is 23.0. The van der Waals surface area contributed by atoms with Crippen LogP contribution in [0.1, 0.15) is 12.1 Å². The van der Waals surface area contributed by atoms with Crippen LogP contribution in [0.5, 0.6) is 0 Å². The molecule has 0 bridgehead atoms. The maximum Gasteiger partial charge on any atom is 0.288 e. The number of nitrogen functional groups attached to an aromatic ring is 1. The van der Waals surface area contributed by atoms with Gasteiger partial charge in [0.1, 0.15) is 43.2 Å². The number of rotatable bonds is 11. The highest BCUT2D eigenvalue weighted by Gasteiger charge is 2.53. The van der Waals surface area contributed by atoms with Crippen LogP contribution in [0.25, 0.3) is 5.65 Å². The second kappa shape index (κ2) is 11.5. The van der Waals surface area contributed by atoms with Crippen LogP contribution in [0.2, 0.25) is 0 Å². The molecule has 16 heteroatoms. The van der Waals surface area contributed by atoms with E-state index in [-0.39, 0.29) is 28.8 Å². The minimum Gasteiger partial charge on any atom is -0.543 e. The van der Waals surface area contributed by atoms with E-state index in [2.05, 4.69) is 20.8 Å². The number of nitrogens with zero attached hydrogens (tertiary/aromatic N) is 5. The smallest absolute Gasteiger partial charge is 0.288 e. The Morgan fingerprint density at radius 2 is 2.20 bits per heavy atom. The Labute approximate surface area is 236 Å². The Kier molecular flexibility index (Phi) is 7.90. The summed E-state index contributed by atoms with van der Waals surface area (Å²) in [6, 6.07) is 4.81. The minimum atomic E-state index is -1.45. The van der Waals surface area contributed by atoms with E-state index in [9.17, 15) is 19.5 Å². The fourth-order valence-electron chi connectivity index (χ4n) is 4.62. The van der Waals surface area contributed by atoms with Gasteiger partial charge in [-0.25, -0.2) is 9.55 Å². The molecule has 210 valence electrons. The summed E-state index contributed by atoms with van der Waals surface area (Å²) in [4.78, 5) is 48.3. The summed E-state index contributed by atoms with van der Waals surface area (Å²) in [5, 5.41) is 23.1. The lowest BCUT2D eigenvalue weighted by Gasteiger charge is -2.50. The van der Waals surface area contributed by atoms with Gasteiger partial charge in [-0.05, 0) is 19.0 Å². The zero-order valence-electron chi connectivity index (χ0n) is 21.4. The van der Waals surface area contributed by atoms with Gasteiger partial charge in [0, 0.05) is 35.4 Å². The predicted octanol–water partition coefficient (Wildman–Crippen LogP) is -1.52. The highest BCUT2D eigenvalue weighted by atomic mass is 32.2. The molecular weight excluding hydrogens is 558 g/mol. The molecule has 1 fully saturated rings. The van der Waals surface area contributed by atoms with Crippen molar-refractivity contribution in [3.63, 3.8) is 0 Å². The maximum absolute atomic E-state index is 13.1. The number of β-lactam (4-membered cyclic amide) rings is 1. The van der Waals surface area contributed by atoms with Crippen LogP contribution >= 0.6 is 23.1 Å². The Morgan fingerprint density at radius 3 is 2.90 bits per heavy atom. The molecule has 1 saturated heterocycles. The average Bonchev–Trinajstić information content (AvgIpc) is 3.56. The molecule has 2 aliphatic rings. The molecule has 0 spiro atoms. The third-order valence-electron chi connectivity index (χ3n) is 6.43. The number of pyridine rings is 1. The second-order valence-electron chi connectivity index (χ2n) is 8.93. The molecule has 2 atom stereocenters. The van der Waals surface area contributed by atoms with E-state index >= 15 is 0 Å². The van der Waals surface area contributed by atoms with Crippen molar-refractivity contribution >= 4 is 63.2 Å². The lowest BCUT2D eigenvalue weighted by Crippen LogP contribution is -2.71. The van der Waals surface area contributed by atoms with Gasteiger partial charge in [-0.2, -0.15) is 4.40 Å². The van der Waals surface area contributed by atoms with Gasteiger partial charge in [-0.1, -0.05) is 5.16 Å². The number of thiazole rings is 1.